The van der Waals surface area contributed by atoms with Gasteiger partial charge in [0.2, 0.25) is 10.0 Å². The Balaban J connectivity index is 1.78. The first-order valence-corrected chi connectivity index (χ1v) is 9.99. The summed E-state index contributed by atoms with van der Waals surface area (Å²) in [4.78, 5) is 8.40. The molecule has 0 amide bonds. The summed E-state index contributed by atoms with van der Waals surface area (Å²) in [7, 11) is -2.16. The molecular weight excluding hydrogens is 383 g/mol. The number of halogens is 2. The SMILES string of the molecule is CNS(=O)(=O)c1cnccc1N1CCN(c2ccc(Cl)c(Cl)c2)CC1. The van der Waals surface area contributed by atoms with E-state index in [0.29, 0.717) is 28.8 Å². The topological polar surface area (TPSA) is 65.5 Å². The van der Waals surface area contributed by atoms with Crippen LogP contribution in [0, 0.1) is 0 Å². The maximum atomic E-state index is 12.2. The van der Waals surface area contributed by atoms with Crippen LogP contribution in [0.5, 0.6) is 0 Å². The molecular formula is C16H18Cl2N4O2S. The first kappa shape index (κ1) is 18.3. The average Bonchev–Trinajstić information content (AvgIpc) is 2.64. The molecule has 0 radical (unpaired) electrons. The third-order valence-electron chi connectivity index (χ3n) is 4.21. The van der Waals surface area contributed by atoms with Gasteiger partial charge in [0, 0.05) is 44.3 Å². The number of rotatable bonds is 4. The van der Waals surface area contributed by atoms with Gasteiger partial charge in [-0.05, 0) is 31.3 Å². The lowest BCUT2D eigenvalue weighted by molar-refractivity contribution is 0.586. The van der Waals surface area contributed by atoms with Gasteiger partial charge < -0.3 is 9.80 Å². The zero-order valence-corrected chi connectivity index (χ0v) is 15.9. The molecule has 1 aromatic heterocycles. The summed E-state index contributed by atoms with van der Waals surface area (Å²) >= 11 is 12.1. The van der Waals surface area contributed by atoms with Crippen molar-refractivity contribution in [2.75, 3.05) is 43.0 Å². The number of benzene rings is 1. The second-order valence-electron chi connectivity index (χ2n) is 5.62. The van der Waals surface area contributed by atoms with Gasteiger partial charge in [-0.1, -0.05) is 23.2 Å². The predicted octanol–water partition coefficient (Wildman–Crippen LogP) is 2.62. The number of pyridine rings is 1. The normalized spacial score (nSPS) is 15.5. The Morgan fingerprint density at radius 3 is 2.36 bits per heavy atom. The average molecular weight is 401 g/mol. The maximum Gasteiger partial charge on any atom is 0.243 e. The highest BCUT2D eigenvalue weighted by Crippen LogP contribution is 2.29. The van der Waals surface area contributed by atoms with Gasteiger partial charge in [0.25, 0.3) is 0 Å². The highest BCUT2D eigenvalue weighted by Gasteiger charge is 2.24. The van der Waals surface area contributed by atoms with E-state index in [1.165, 1.54) is 13.2 Å². The highest BCUT2D eigenvalue weighted by molar-refractivity contribution is 7.89. The van der Waals surface area contributed by atoms with Crippen LogP contribution >= 0.6 is 23.2 Å². The Hall–Kier alpha value is -1.54. The van der Waals surface area contributed by atoms with Gasteiger partial charge in [-0.3, -0.25) is 4.98 Å². The van der Waals surface area contributed by atoms with E-state index in [4.69, 9.17) is 23.2 Å². The van der Waals surface area contributed by atoms with E-state index in [1.54, 1.807) is 18.3 Å². The van der Waals surface area contributed by atoms with Gasteiger partial charge in [0.15, 0.2) is 0 Å². The molecule has 1 aliphatic rings. The summed E-state index contributed by atoms with van der Waals surface area (Å²) in [5, 5.41) is 1.06. The molecule has 0 atom stereocenters. The van der Waals surface area contributed by atoms with Gasteiger partial charge in [-0.15, -0.1) is 0 Å². The summed E-state index contributed by atoms with van der Waals surface area (Å²) in [5.74, 6) is 0. The van der Waals surface area contributed by atoms with E-state index in [-0.39, 0.29) is 4.90 Å². The fraction of sp³-hybridized carbons (Fsp3) is 0.312. The summed E-state index contributed by atoms with van der Waals surface area (Å²) in [6.07, 6.45) is 2.99. The molecule has 1 aromatic carbocycles. The number of nitrogens with zero attached hydrogens (tertiary/aromatic N) is 3. The number of hydrogen-bond donors (Lipinski definition) is 1. The quantitative estimate of drug-likeness (QED) is 0.854. The number of anilines is 2. The van der Waals surface area contributed by atoms with Crippen LogP contribution in [0.4, 0.5) is 11.4 Å². The minimum atomic E-state index is -3.55. The fourth-order valence-electron chi connectivity index (χ4n) is 2.84. The number of nitrogens with one attached hydrogen (secondary N) is 1. The molecule has 1 N–H and O–H groups in total. The molecule has 1 aliphatic heterocycles. The van der Waals surface area contributed by atoms with Crippen LogP contribution in [-0.2, 0) is 10.0 Å². The Morgan fingerprint density at radius 2 is 1.72 bits per heavy atom. The van der Waals surface area contributed by atoms with Crippen molar-refractivity contribution in [3.8, 4) is 0 Å². The van der Waals surface area contributed by atoms with Crippen molar-refractivity contribution in [3.63, 3.8) is 0 Å². The minimum absolute atomic E-state index is 0.195. The lowest BCUT2D eigenvalue weighted by Gasteiger charge is -2.38. The van der Waals surface area contributed by atoms with Crippen LogP contribution in [0.15, 0.2) is 41.6 Å². The van der Waals surface area contributed by atoms with Crippen molar-refractivity contribution >= 4 is 44.6 Å². The maximum absolute atomic E-state index is 12.2. The molecule has 0 bridgehead atoms. The van der Waals surface area contributed by atoms with Crippen molar-refractivity contribution < 1.29 is 8.42 Å². The molecule has 6 nitrogen and oxygen atoms in total. The van der Waals surface area contributed by atoms with Gasteiger partial charge in [-0.25, -0.2) is 13.1 Å². The number of piperazine rings is 1. The number of hydrogen-bond acceptors (Lipinski definition) is 5. The first-order valence-electron chi connectivity index (χ1n) is 7.75. The zero-order valence-electron chi connectivity index (χ0n) is 13.6. The van der Waals surface area contributed by atoms with Crippen LogP contribution in [0.25, 0.3) is 0 Å². The van der Waals surface area contributed by atoms with Gasteiger partial charge in [0.05, 0.1) is 15.7 Å². The molecule has 0 aliphatic carbocycles. The lowest BCUT2D eigenvalue weighted by atomic mass is 10.2. The summed E-state index contributed by atoms with van der Waals surface area (Å²) in [5.41, 5.74) is 1.67. The molecule has 2 heterocycles. The molecule has 1 fully saturated rings. The second kappa shape index (κ2) is 7.37. The third-order valence-corrected chi connectivity index (χ3v) is 6.38. The smallest absolute Gasteiger partial charge is 0.243 e. The molecule has 0 saturated carbocycles. The van der Waals surface area contributed by atoms with E-state index < -0.39 is 10.0 Å². The van der Waals surface area contributed by atoms with Crippen molar-refractivity contribution in [2.45, 2.75) is 4.90 Å². The molecule has 1 saturated heterocycles. The van der Waals surface area contributed by atoms with Gasteiger partial charge in [0.1, 0.15) is 4.90 Å². The lowest BCUT2D eigenvalue weighted by Crippen LogP contribution is -2.47. The molecule has 0 unspecified atom stereocenters. The first-order chi connectivity index (χ1) is 11.9. The van der Waals surface area contributed by atoms with Crippen LogP contribution in [-0.4, -0.2) is 46.6 Å². The molecule has 9 heteroatoms. The Morgan fingerprint density at radius 1 is 1.04 bits per heavy atom. The van der Waals surface area contributed by atoms with E-state index >= 15 is 0 Å². The Kier molecular flexibility index (Phi) is 5.38. The van der Waals surface area contributed by atoms with Crippen LogP contribution < -0.4 is 14.5 Å². The zero-order chi connectivity index (χ0) is 18.0. The molecule has 134 valence electrons. The molecule has 2 aromatic rings. The Bertz CT molecular complexity index is 868. The van der Waals surface area contributed by atoms with E-state index in [1.807, 2.05) is 12.1 Å². The number of aromatic nitrogens is 1. The Labute approximate surface area is 157 Å². The largest absolute Gasteiger partial charge is 0.368 e. The third kappa shape index (κ3) is 3.84. The molecule has 0 spiro atoms. The number of sulfonamides is 1. The van der Waals surface area contributed by atoms with E-state index in [9.17, 15) is 8.42 Å². The molecule has 3 rings (SSSR count). The van der Waals surface area contributed by atoms with Crippen molar-refractivity contribution in [2.24, 2.45) is 0 Å². The van der Waals surface area contributed by atoms with Crippen molar-refractivity contribution in [1.82, 2.24) is 9.71 Å². The summed E-state index contributed by atoms with van der Waals surface area (Å²) in [6.45, 7) is 2.88. The van der Waals surface area contributed by atoms with Crippen molar-refractivity contribution in [3.05, 3.63) is 46.7 Å². The highest BCUT2D eigenvalue weighted by atomic mass is 35.5. The van der Waals surface area contributed by atoms with Crippen molar-refractivity contribution in [1.29, 1.82) is 0 Å². The van der Waals surface area contributed by atoms with E-state index in [0.717, 1.165) is 18.8 Å². The van der Waals surface area contributed by atoms with Crippen LogP contribution in [0.1, 0.15) is 0 Å². The van der Waals surface area contributed by atoms with Gasteiger partial charge >= 0.3 is 0 Å². The van der Waals surface area contributed by atoms with Crippen LogP contribution in [0.2, 0.25) is 10.0 Å². The summed E-state index contributed by atoms with van der Waals surface area (Å²) in [6, 6.07) is 7.31. The molecule has 25 heavy (non-hydrogen) atoms. The minimum Gasteiger partial charge on any atom is -0.368 e. The van der Waals surface area contributed by atoms with Crippen LogP contribution in [0.3, 0.4) is 0 Å². The standard InChI is InChI=1S/C16H18Cl2N4O2S/c1-19-25(23,24)16-11-20-5-4-15(16)22-8-6-21(7-9-22)12-2-3-13(17)14(18)10-12/h2-5,10-11,19H,6-9H2,1H3. The fourth-order valence-corrected chi connectivity index (χ4v) is 4.02. The predicted molar refractivity (Wildman–Crippen MR) is 101 cm³/mol. The summed E-state index contributed by atoms with van der Waals surface area (Å²) < 4.78 is 26.8. The second-order valence-corrected chi connectivity index (χ2v) is 8.29. The van der Waals surface area contributed by atoms with E-state index in [2.05, 4.69) is 19.5 Å². The van der Waals surface area contributed by atoms with Gasteiger partial charge in [-0.2, -0.15) is 0 Å². The monoisotopic (exact) mass is 400 g/mol.